The van der Waals surface area contributed by atoms with Crippen LogP contribution in [0.1, 0.15) is 26.7 Å². The van der Waals surface area contributed by atoms with E-state index in [0.717, 1.165) is 12.8 Å². The van der Waals surface area contributed by atoms with Crippen molar-refractivity contribution in [2.75, 3.05) is 26.3 Å². The second kappa shape index (κ2) is 6.70. The van der Waals surface area contributed by atoms with E-state index in [-0.39, 0.29) is 24.8 Å². The molecule has 0 bridgehead atoms. The van der Waals surface area contributed by atoms with E-state index >= 15 is 0 Å². The van der Waals surface area contributed by atoms with Gasteiger partial charge in [0, 0.05) is 6.54 Å². The van der Waals surface area contributed by atoms with Crippen molar-refractivity contribution in [1.82, 2.24) is 10.2 Å². The summed E-state index contributed by atoms with van der Waals surface area (Å²) >= 11 is 0. The summed E-state index contributed by atoms with van der Waals surface area (Å²) in [5.41, 5.74) is 0. The summed E-state index contributed by atoms with van der Waals surface area (Å²) in [6.07, 6.45) is 1.82. The molecule has 1 rings (SSSR count). The van der Waals surface area contributed by atoms with Crippen LogP contribution in [0, 0.1) is 0 Å². The molecular weight excluding hydrogens is 208 g/mol. The Morgan fingerprint density at radius 2 is 2.38 bits per heavy atom. The number of aliphatic hydroxyl groups is 1. The van der Waals surface area contributed by atoms with E-state index in [9.17, 15) is 4.79 Å². The number of rotatable bonds is 4. The number of amides is 2. The van der Waals surface area contributed by atoms with Crippen LogP contribution in [0.3, 0.4) is 0 Å². The monoisotopic (exact) mass is 230 g/mol. The number of carbonyl (C=O) groups is 1. The van der Waals surface area contributed by atoms with Gasteiger partial charge in [-0.15, -0.1) is 0 Å². The fourth-order valence-electron chi connectivity index (χ4n) is 1.68. The summed E-state index contributed by atoms with van der Waals surface area (Å²) in [6.45, 7) is 5.68. The summed E-state index contributed by atoms with van der Waals surface area (Å²) in [5.74, 6) is 0. The highest BCUT2D eigenvalue weighted by Gasteiger charge is 2.28. The van der Waals surface area contributed by atoms with E-state index in [1.807, 2.05) is 6.92 Å². The lowest BCUT2D eigenvalue weighted by molar-refractivity contribution is -0.0627. The van der Waals surface area contributed by atoms with Gasteiger partial charge in [0.15, 0.2) is 0 Å². The van der Waals surface area contributed by atoms with Gasteiger partial charge < -0.3 is 20.1 Å². The van der Waals surface area contributed by atoms with Gasteiger partial charge in [-0.2, -0.15) is 0 Å². The molecule has 0 aromatic carbocycles. The molecule has 0 aliphatic carbocycles. The van der Waals surface area contributed by atoms with Crippen LogP contribution in [0.25, 0.3) is 0 Å². The minimum absolute atomic E-state index is 0.0363. The highest BCUT2D eigenvalue weighted by molar-refractivity contribution is 5.74. The number of hydrogen-bond donors (Lipinski definition) is 2. The van der Waals surface area contributed by atoms with Crippen LogP contribution in [0.15, 0.2) is 0 Å². The van der Waals surface area contributed by atoms with Gasteiger partial charge in [-0.25, -0.2) is 4.79 Å². The predicted molar refractivity (Wildman–Crippen MR) is 61.3 cm³/mol. The van der Waals surface area contributed by atoms with E-state index in [1.165, 1.54) is 0 Å². The molecule has 0 aromatic heterocycles. The Bertz CT molecular complexity index is 223. The zero-order valence-corrected chi connectivity index (χ0v) is 10.1. The number of carbonyl (C=O) groups excluding carboxylic acids is 1. The predicted octanol–water partition coefficient (Wildman–Crippen LogP) is 0.578. The molecule has 0 aromatic rings. The van der Waals surface area contributed by atoms with Gasteiger partial charge >= 0.3 is 6.03 Å². The zero-order valence-electron chi connectivity index (χ0n) is 10.1. The number of nitrogens with one attached hydrogen (secondary N) is 1. The molecule has 1 heterocycles. The number of ether oxygens (including phenoxy) is 1. The van der Waals surface area contributed by atoms with E-state index in [1.54, 1.807) is 4.90 Å². The van der Waals surface area contributed by atoms with E-state index in [4.69, 9.17) is 9.84 Å². The maximum Gasteiger partial charge on any atom is 0.317 e. The first-order valence-electron chi connectivity index (χ1n) is 5.96. The topological polar surface area (TPSA) is 61.8 Å². The third-order valence-electron chi connectivity index (χ3n) is 2.78. The molecule has 0 radical (unpaired) electrons. The lowest BCUT2D eigenvalue weighted by atomic mass is 10.2. The molecule has 2 unspecified atom stereocenters. The Morgan fingerprint density at radius 1 is 1.62 bits per heavy atom. The van der Waals surface area contributed by atoms with Crippen molar-refractivity contribution in [3.05, 3.63) is 0 Å². The Labute approximate surface area is 96.8 Å². The Hall–Kier alpha value is -0.810. The van der Waals surface area contributed by atoms with Gasteiger partial charge in [0.05, 0.1) is 31.9 Å². The molecule has 16 heavy (non-hydrogen) atoms. The van der Waals surface area contributed by atoms with Gasteiger partial charge in [0.1, 0.15) is 0 Å². The minimum Gasteiger partial charge on any atom is -0.394 e. The molecule has 2 N–H and O–H groups in total. The number of hydrogen-bond acceptors (Lipinski definition) is 3. The van der Waals surface area contributed by atoms with E-state index in [0.29, 0.717) is 19.7 Å². The standard InChI is InChI=1S/C11H22N2O3/c1-3-4-5-12-11(15)13-6-10(7-14)16-8-9(13)2/h9-10,14H,3-8H2,1-2H3,(H,12,15). The molecular formula is C11H22N2O3. The Morgan fingerprint density at radius 3 is 3.00 bits per heavy atom. The van der Waals surface area contributed by atoms with Gasteiger partial charge in [0.2, 0.25) is 0 Å². The van der Waals surface area contributed by atoms with Crippen LogP contribution in [0.2, 0.25) is 0 Å². The number of morpholine rings is 1. The van der Waals surface area contributed by atoms with Gasteiger partial charge in [-0.3, -0.25) is 0 Å². The summed E-state index contributed by atoms with van der Waals surface area (Å²) in [5, 5.41) is 11.9. The van der Waals surface area contributed by atoms with Crippen molar-refractivity contribution in [2.45, 2.75) is 38.8 Å². The fraction of sp³-hybridized carbons (Fsp3) is 0.909. The normalized spacial score (nSPS) is 25.6. The molecule has 2 atom stereocenters. The smallest absolute Gasteiger partial charge is 0.317 e. The van der Waals surface area contributed by atoms with Crippen LogP contribution >= 0.6 is 0 Å². The molecule has 1 saturated heterocycles. The number of aliphatic hydroxyl groups excluding tert-OH is 1. The second-order valence-electron chi connectivity index (χ2n) is 4.22. The lowest BCUT2D eigenvalue weighted by Crippen LogP contribution is -2.55. The Kier molecular flexibility index (Phi) is 5.55. The van der Waals surface area contributed by atoms with Crippen molar-refractivity contribution in [1.29, 1.82) is 0 Å². The van der Waals surface area contributed by atoms with Crippen molar-refractivity contribution in [3.63, 3.8) is 0 Å². The average molecular weight is 230 g/mol. The number of nitrogens with zero attached hydrogens (tertiary/aromatic N) is 1. The van der Waals surface area contributed by atoms with Crippen LogP contribution in [0.5, 0.6) is 0 Å². The first kappa shape index (κ1) is 13.3. The van der Waals surface area contributed by atoms with E-state index < -0.39 is 0 Å². The number of urea groups is 1. The maximum atomic E-state index is 11.8. The van der Waals surface area contributed by atoms with Crippen LogP contribution in [0.4, 0.5) is 4.79 Å². The lowest BCUT2D eigenvalue weighted by Gasteiger charge is -2.37. The van der Waals surface area contributed by atoms with Crippen molar-refractivity contribution < 1.29 is 14.6 Å². The summed E-state index contributed by atoms with van der Waals surface area (Å²) < 4.78 is 5.37. The largest absolute Gasteiger partial charge is 0.394 e. The van der Waals surface area contributed by atoms with Gasteiger partial charge in [-0.05, 0) is 13.3 Å². The molecule has 1 aliphatic rings. The summed E-state index contributed by atoms with van der Waals surface area (Å²) in [7, 11) is 0. The highest BCUT2D eigenvalue weighted by atomic mass is 16.5. The second-order valence-corrected chi connectivity index (χ2v) is 4.22. The molecule has 1 aliphatic heterocycles. The van der Waals surface area contributed by atoms with Crippen LogP contribution in [-0.4, -0.2) is 54.5 Å². The third-order valence-corrected chi connectivity index (χ3v) is 2.78. The highest BCUT2D eigenvalue weighted by Crippen LogP contribution is 2.11. The van der Waals surface area contributed by atoms with Gasteiger partial charge in [0.25, 0.3) is 0 Å². The first-order valence-corrected chi connectivity index (χ1v) is 5.96. The average Bonchev–Trinajstić information content (AvgIpc) is 2.30. The van der Waals surface area contributed by atoms with E-state index in [2.05, 4.69) is 12.2 Å². The number of unbranched alkanes of at least 4 members (excludes halogenated alkanes) is 1. The van der Waals surface area contributed by atoms with Crippen molar-refractivity contribution in [3.8, 4) is 0 Å². The molecule has 94 valence electrons. The quantitative estimate of drug-likeness (QED) is 0.694. The molecule has 0 saturated carbocycles. The molecule has 5 heteroatoms. The zero-order chi connectivity index (χ0) is 12.0. The summed E-state index contributed by atoms with van der Waals surface area (Å²) in [4.78, 5) is 13.6. The van der Waals surface area contributed by atoms with Crippen molar-refractivity contribution in [2.24, 2.45) is 0 Å². The SMILES string of the molecule is CCCCNC(=O)N1CC(CO)OCC1C. The molecule has 2 amide bonds. The molecule has 0 spiro atoms. The Balaban J connectivity index is 2.39. The summed E-state index contributed by atoms with van der Waals surface area (Å²) in [6, 6.07) is 0.0205. The van der Waals surface area contributed by atoms with Crippen LogP contribution < -0.4 is 5.32 Å². The van der Waals surface area contributed by atoms with Crippen molar-refractivity contribution >= 4 is 6.03 Å². The minimum atomic E-state index is -0.242. The first-order chi connectivity index (χ1) is 7.69. The molecule has 1 fully saturated rings. The fourth-order valence-corrected chi connectivity index (χ4v) is 1.68. The van der Waals surface area contributed by atoms with Crippen LogP contribution in [-0.2, 0) is 4.74 Å². The molecule has 5 nitrogen and oxygen atoms in total. The third kappa shape index (κ3) is 3.64. The maximum absolute atomic E-state index is 11.8. The van der Waals surface area contributed by atoms with Gasteiger partial charge in [-0.1, -0.05) is 13.3 Å².